The maximum absolute atomic E-state index is 12.0. The number of aromatic hydroxyl groups is 1. The Balaban J connectivity index is 2.24. The van der Waals surface area contributed by atoms with Gasteiger partial charge in [0.1, 0.15) is 5.75 Å². The lowest BCUT2D eigenvalue weighted by Gasteiger charge is -2.09. The molecule has 0 aliphatic heterocycles. The van der Waals surface area contributed by atoms with Crippen molar-refractivity contribution in [3.8, 4) is 5.75 Å². The molecule has 5 heteroatoms. The number of rotatable bonds is 2. The number of carbonyl (C=O) groups excluding carboxylic acids is 1. The summed E-state index contributed by atoms with van der Waals surface area (Å²) in [4.78, 5) is 16.0. The lowest BCUT2D eigenvalue weighted by Crippen LogP contribution is -2.14. The highest BCUT2D eigenvalue weighted by atomic mass is 16.3. The minimum atomic E-state index is -0.280. The Bertz CT molecular complexity index is 597. The molecule has 2 aromatic rings. The summed E-state index contributed by atoms with van der Waals surface area (Å²) in [5.74, 6) is -0.221. The molecule has 1 heterocycles. The van der Waals surface area contributed by atoms with Crippen LogP contribution in [0.2, 0.25) is 0 Å². The third-order valence-electron chi connectivity index (χ3n) is 2.53. The molecule has 92 valence electrons. The first-order valence-corrected chi connectivity index (χ1v) is 5.39. The average Bonchev–Trinajstić information content (AvgIpc) is 2.33. The quantitative estimate of drug-likeness (QED) is 0.555. The minimum Gasteiger partial charge on any atom is -0.508 e. The Morgan fingerprint density at radius 3 is 2.83 bits per heavy atom. The fraction of sp³-hybridized carbons (Fsp3) is 0.0769. The van der Waals surface area contributed by atoms with Gasteiger partial charge < -0.3 is 16.2 Å². The van der Waals surface area contributed by atoms with Crippen LogP contribution in [0.15, 0.2) is 36.5 Å². The van der Waals surface area contributed by atoms with Gasteiger partial charge in [-0.15, -0.1) is 0 Å². The number of amides is 1. The van der Waals surface area contributed by atoms with Gasteiger partial charge in [-0.1, -0.05) is 0 Å². The Hall–Kier alpha value is -2.56. The predicted molar refractivity (Wildman–Crippen MR) is 69.4 cm³/mol. The second-order valence-electron chi connectivity index (χ2n) is 3.86. The van der Waals surface area contributed by atoms with Gasteiger partial charge in [0, 0.05) is 18.0 Å². The molecule has 0 aliphatic carbocycles. The number of phenols is 1. The summed E-state index contributed by atoms with van der Waals surface area (Å²) in [6.07, 6.45) is 1.63. The number of pyridine rings is 1. The van der Waals surface area contributed by atoms with E-state index in [-0.39, 0.29) is 11.7 Å². The molecule has 0 aliphatic rings. The normalized spacial score (nSPS) is 10.1. The van der Waals surface area contributed by atoms with Crippen molar-refractivity contribution >= 4 is 17.3 Å². The van der Waals surface area contributed by atoms with Crippen molar-refractivity contribution in [2.45, 2.75) is 6.92 Å². The van der Waals surface area contributed by atoms with Gasteiger partial charge in [0.2, 0.25) is 0 Å². The van der Waals surface area contributed by atoms with Crippen molar-refractivity contribution in [2.24, 2.45) is 0 Å². The van der Waals surface area contributed by atoms with E-state index in [1.54, 1.807) is 31.3 Å². The van der Waals surface area contributed by atoms with Crippen molar-refractivity contribution in [3.63, 3.8) is 0 Å². The predicted octanol–water partition coefficient (Wildman–Crippen LogP) is 1.93. The molecule has 0 fully saturated rings. The number of hydrogen-bond acceptors (Lipinski definition) is 4. The molecule has 0 spiro atoms. The second kappa shape index (κ2) is 4.75. The maximum atomic E-state index is 12.0. The number of benzene rings is 1. The van der Waals surface area contributed by atoms with Gasteiger partial charge in [-0.3, -0.25) is 9.78 Å². The van der Waals surface area contributed by atoms with Crippen LogP contribution in [0.25, 0.3) is 0 Å². The van der Waals surface area contributed by atoms with Crippen LogP contribution in [0.5, 0.6) is 5.75 Å². The smallest absolute Gasteiger partial charge is 0.257 e. The monoisotopic (exact) mass is 243 g/mol. The number of nitrogen functional groups attached to an aromatic ring is 1. The van der Waals surface area contributed by atoms with Crippen molar-refractivity contribution in [1.82, 2.24) is 4.98 Å². The number of aryl methyl sites for hydroxylation is 1. The number of carbonyl (C=O) groups is 1. The number of nitrogens with zero attached hydrogens (tertiary/aromatic N) is 1. The number of hydrogen-bond donors (Lipinski definition) is 3. The number of nitrogens with one attached hydrogen (secondary N) is 1. The van der Waals surface area contributed by atoms with E-state index in [0.29, 0.717) is 22.6 Å². The number of aromatic nitrogens is 1. The van der Waals surface area contributed by atoms with Gasteiger partial charge in [-0.05, 0) is 31.2 Å². The van der Waals surface area contributed by atoms with Gasteiger partial charge in [0.15, 0.2) is 0 Å². The molecule has 4 N–H and O–H groups in total. The summed E-state index contributed by atoms with van der Waals surface area (Å²) < 4.78 is 0. The van der Waals surface area contributed by atoms with E-state index >= 15 is 0 Å². The molecular formula is C13H13N3O2. The van der Waals surface area contributed by atoms with E-state index in [9.17, 15) is 9.90 Å². The minimum absolute atomic E-state index is 0.0584. The van der Waals surface area contributed by atoms with Crippen LogP contribution in [-0.4, -0.2) is 16.0 Å². The van der Waals surface area contributed by atoms with Gasteiger partial charge in [0.25, 0.3) is 5.91 Å². The zero-order valence-corrected chi connectivity index (χ0v) is 9.84. The Morgan fingerprint density at radius 1 is 1.39 bits per heavy atom. The molecule has 0 saturated heterocycles. The summed E-state index contributed by atoms with van der Waals surface area (Å²) in [7, 11) is 0. The summed E-state index contributed by atoms with van der Waals surface area (Å²) in [5, 5.41) is 11.9. The fourth-order valence-electron chi connectivity index (χ4n) is 1.58. The highest BCUT2D eigenvalue weighted by Gasteiger charge is 2.11. The van der Waals surface area contributed by atoms with E-state index in [0.717, 1.165) is 0 Å². The molecule has 0 atom stereocenters. The molecule has 0 bridgehead atoms. The van der Waals surface area contributed by atoms with Gasteiger partial charge in [-0.25, -0.2) is 0 Å². The highest BCUT2D eigenvalue weighted by Crippen LogP contribution is 2.23. The summed E-state index contributed by atoms with van der Waals surface area (Å²) in [5.41, 5.74) is 7.60. The number of anilines is 2. The first-order chi connectivity index (χ1) is 8.58. The van der Waals surface area contributed by atoms with Gasteiger partial charge in [0.05, 0.1) is 16.9 Å². The van der Waals surface area contributed by atoms with Crippen LogP contribution in [0.4, 0.5) is 11.4 Å². The maximum Gasteiger partial charge on any atom is 0.257 e. The summed E-state index contributed by atoms with van der Waals surface area (Å²) in [6.45, 7) is 1.76. The Kier molecular flexibility index (Phi) is 3.14. The Labute approximate surface area is 104 Å². The van der Waals surface area contributed by atoms with E-state index in [4.69, 9.17) is 5.73 Å². The molecule has 1 aromatic heterocycles. The first-order valence-electron chi connectivity index (χ1n) is 5.39. The van der Waals surface area contributed by atoms with Crippen molar-refractivity contribution < 1.29 is 9.90 Å². The zero-order valence-electron chi connectivity index (χ0n) is 9.84. The van der Waals surface area contributed by atoms with Crippen molar-refractivity contribution in [2.75, 3.05) is 11.1 Å². The summed E-state index contributed by atoms with van der Waals surface area (Å²) in [6, 6.07) is 7.78. The molecule has 18 heavy (non-hydrogen) atoms. The molecule has 1 amide bonds. The first kappa shape index (κ1) is 11.9. The Morgan fingerprint density at radius 2 is 2.17 bits per heavy atom. The van der Waals surface area contributed by atoms with Gasteiger partial charge >= 0.3 is 0 Å². The van der Waals surface area contributed by atoms with E-state index < -0.39 is 0 Å². The highest BCUT2D eigenvalue weighted by molar-refractivity contribution is 6.06. The average molecular weight is 243 g/mol. The lowest BCUT2D eigenvalue weighted by atomic mass is 10.2. The second-order valence-corrected chi connectivity index (χ2v) is 3.86. The van der Waals surface area contributed by atoms with Crippen molar-refractivity contribution in [1.29, 1.82) is 0 Å². The van der Waals surface area contributed by atoms with Crippen molar-refractivity contribution in [3.05, 3.63) is 47.8 Å². The molecule has 1 aromatic carbocycles. The van der Waals surface area contributed by atoms with E-state index in [2.05, 4.69) is 10.3 Å². The molecule has 0 unspecified atom stereocenters. The topological polar surface area (TPSA) is 88.2 Å². The lowest BCUT2D eigenvalue weighted by molar-refractivity contribution is 0.102. The van der Waals surface area contributed by atoms with Crippen LogP contribution in [0, 0.1) is 6.92 Å². The van der Waals surface area contributed by atoms with Crippen LogP contribution in [-0.2, 0) is 0 Å². The fourth-order valence-corrected chi connectivity index (χ4v) is 1.58. The molecule has 0 radical (unpaired) electrons. The van der Waals surface area contributed by atoms with Crippen LogP contribution in [0.3, 0.4) is 0 Å². The molecular weight excluding hydrogens is 230 g/mol. The molecule has 2 rings (SSSR count). The number of phenolic OH excluding ortho intramolecular Hbond substituents is 1. The SMILES string of the molecule is Cc1ncccc1C(=O)Nc1ccc(O)cc1N. The van der Waals surface area contributed by atoms with Crippen LogP contribution >= 0.6 is 0 Å². The molecule has 0 saturated carbocycles. The van der Waals surface area contributed by atoms with Crippen LogP contribution < -0.4 is 11.1 Å². The summed E-state index contributed by atoms with van der Waals surface area (Å²) >= 11 is 0. The van der Waals surface area contributed by atoms with Gasteiger partial charge in [-0.2, -0.15) is 0 Å². The largest absolute Gasteiger partial charge is 0.508 e. The van der Waals surface area contributed by atoms with E-state index in [1.807, 2.05) is 0 Å². The standard InChI is InChI=1S/C13H13N3O2/c1-8-10(3-2-6-15-8)13(18)16-12-5-4-9(17)7-11(12)14/h2-7,17H,14H2,1H3,(H,16,18). The third kappa shape index (κ3) is 2.40. The van der Waals surface area contributed by atoms with Crippen LogP contribution in [0.1, 0.15) is 16.1 Å². The zero-order chi connectivity index (χ0) is 13.1. The third-order valence-corrected chi connectivity index (χ3v) is 2.53. The van der Waals surface area contributed by atoms with E-state index in [1.165, 1.54) is 12.1 Å². The number of nitrogens with two attached hydrogens (primary N) is 1. The molecule has 5 nitrogen and oxygen atoms in total.